The number of carbonyl (C=O) groups excluding carboxylic acids is 3. The fraction of sp³-hybridized carbons (Fsp3) is 0.0789. The maximum absolute atomic E-state index is 13.8. The summed E-state index contributed by atoms with van der Waals surface area (Å²) in [7, 11) is 3.06. The molecule has 0 aliphatic carbocycles. The summed E-state index contributed by atoms with van der Waals surface area (Å²) in [6, 6.07) is 37.3. The van der Waals surface area contributed by atoms with E-state index >= 15 is 0 Å². The molecule has 0 aliphatic rings. The molecular formula is C38H32ClN3O5S. The van der Waals surface area contributed by atoms with Crippen molar-refractivity contribution in [2.75, 3.05) is 24.9 Å². The molecule has 0 saturated carbocycles. The summed E-state index contributed by atoms with van der Waals surface area (Å²) >= 11 is 7.36. The van der Waals surface area contributed by atoms with Gasteiger partial charge in [-0.25, -0.2) is 0 Å². The van der Waals surface area contributed by atoms with Gasteiger partial charge in [-0.15, -0.1) is 11.8 Å². The Kier molecular flexibility index (Phi) is 11.5. The maximum atomic E-state index is 13.8. The number of thioether (sulfide) groups is 1. The third-order valence-electron chi connectivity index (χ3n) is 7.07. The predicted octanol–water partition coefficient (Wildman–Crippen LogP) is 8.24. The van der Waals surface area contributed by atoms with Gasteiger partial charge in [0, 0.05) is 38.5 Å². The number of anilines is 2. The van der Waals surface area contributed by atoms with Gasteiger partial charge >= 0.3 is 0 Å². The molecule has 8 nitrogen and oxygen atoms in total. The second-order valence-electron chi connectivity index (χ2n) is 10.4. The number of ether oxygens (including phenoxy) is 2. The van der Waals surface area contributed by atoms with E-state index in [4.69, 9.17) is 21.1 Å². The molecule has 1 atom stereocenters. The van der Waals surface area contributed by atoms with Crippen molar-refractivity contribution in [2.45, 2.75) is 10.1 Å². The number of carbonyl (C=O) groups is 3. The Bertz CT molecular complexity index is 1920. The van der Waals surface area contributed by atoms with E-state index in [0.29, 0.717) is 39.0 Å². The second kappa shape index (κ2) is 16.4. The molecule has 0 bridgehead atoms. The van der Waals surface area contributed by atoms with Gasteiger partial charge in [0.05, 0.1) is 14.2 Å². The summed E-state index contributed by atoms with van der Waals surface area (Å²) in [5.41, 5.74) is 2.84. The monoisotopic (exact) mass is 677 g/mol. The van der Waals surface area contributed by atoms with E-state index in [2.05, 4.69) is 16.0 Å². The van der Waals surface area contributed by atoms with E-state index in [9.17, 15) is 14.4 Å². The SMILES string of the molecule is COc1ccc(/C=C(/NC(=O)c2ccccc2)C(=O)Nc2cccc(SC(C(=O)Nc3ccc(Cl)cc3)c3ccccc3)c2)c(OC)c1. The molecule has 0 aliphatic heterocycles. The minimum atomic E-state index is -0.601. The number of hydrogen-bond acceptors (Lipinski definition) is 6. The molecule has 48 heavy (non-hydrogen) atoms. The first kappa shape index (κ1) is 33.8. The lowest BCUT2D eigenvalue weighted by Gasteiger charge is -2.18. The smallest absolute Gasteiger partial charge is 0.272 e. The molecule has 0 heterocycles. The lowest BCUT2D eigenvalue weighted by Crippen LogP contribution is -2.30. The lowest BCUT2D eigenvalue weighted by molar-refractivity contribution is -0.116. The quantitative estimate of drug-likeness (QED) is 0.0908. The molecule has 3 N–H and O–H groups in total. The van der Waals surface area contributed by atoms with Crippen molar-refractivity contribution in [3.63, 3.8) is 0 Å². The number of hydrogen-bond donors (Lipinski definition) is 3. The van der Waals surface area contributed by atoms with Gasteiger partial charge in [0.25, 0.3) is 11.8 Å². The van der Waals surface area contributed by atoms with Gasteiger partial charge in [-0.2, -0.15) is 0 Å². The largest absolute Gasteiger partial charge is 0.497 e. The van der Waals surface area contributed by atoms with E-state index in [0.717, 1.165) is 10.5 Å². The second-order valence-corrected chi connectivity index (χ2v) is 12.0. The number of methoxy groups -OCH3 is 2. The highest BCUT2D eigenvalue weighted by molar-refractivity contribution is 8.00. The predicted molar refractivity (Wildman–Crippen MR) is 192 cm³/mol. The Labute approximate surface area is 288 Å². The van der Waals surface area contributed by atoms with Crippen LogP contribution in [0.3, 0.4) is 0 Å². The van der Waals surface area contributed by atoms with Gasteiger partial charge in [-0.05, 0) is 78.4 Å². The Balaban J connectivity index is 1.40. The van der Waals surface area contributed by atoms with E-state index in [1.54, 1.807) is 104 Å². The van der Waals surface area contributed by atoms with Crippen LogP contribution in [0.5, 0.6) is 11.5 Å². The molecule has 242 valence electrons. The Morgan fingerprint density at radius 3 is 2.12 bits per heavy atom. The van der Waals surface area contributed by atoms with Gasteiger partial charge < -0.3 is 25.4 Å². The molecular weight excluding hydrogens is 646 g/mol. The molecule has 0 fully saturated rings. The molecule has 0 radical (unpaired) electrons. The summed E-state index contributed by atoms with van der Waals surface area (Å²) in [6.45, 7) is 0. The molecule has 0 saturated heterocycles. The average molecular weight is 678 g/mol. The first-order valence-corrected chi connectivity index (χ1v) is 16.1. The van der Waals surface area contributed by atoms with Crippen LogP contribution >= 0.6 is 23.4 Å². The summed E-state index contributed by atoms with van der Waals surface area (Å²) in [5, 5.41) is 8.58. The first-order valence-electron chi connectivity index (χ1n) is 14.8. The normalized spacial score (nSPS) is 11.6. The first-order chi connectivity index (χ1) is 23.3. The van der Waals surface area contributed by atoms with Crippen molar-refractivity contribution < 1.29 is 23.9 Å². The van der Waals surface area contributed by atoms with E-state index in [-0.39, 0.29) is 11.6 Å². The van der Waals surface area contributed by atoms with Crippen LogP contribution in [0, 0.1) is 0 Å². The van der Waals surface area contributed by atoms with Crippen LogP contribution in [0.1, 0.15) is 26.7 Å². The molecule has 5 rings (SSSR count). The molecule has 3 amide bonds. The van der Waals surface area contributed by atoms with Crippen LogP contribution in [-0.2, 0) is 9.59 Å². The van der Waals surface area contributed by atoms with Gasteiger partial charge in [0.1, 0.15) is 22.4 Å². The number of amides is 3. The minimum Gasteiger partial charge on any atom is -0.497 e. The molecule has 5 aromatic carbocycles. The number of halogens is 1. The van der Waals surface area contributed by atoms with Crippen molar-refractivity contribution in [1.29, 1.82) is 0 Å². The topological polar surface area (TPSA) is 106 Å². The van der Waals surface area contributed by atoms with Crippen LogP contribution in [0.4, 0.5) is 11.4 Å². The summed E-state index contributed by atoms with van der Waals surface area (Å²) in [6.07, 6.45) is 1.54. The molecule has 1 unspecified atom stereocenters. The maximum Gasteiger partial charge on any atom is 0.272 e. The zero-order chi connectivity index (χ0) is 33.9. The van der Waals surface area contributed by atoms with Gasteiger partial charge in [0.2, 0.25) is 5.91 Å². The van der Waals surface area contributed by atoms with E-state index in [1.165, 1.54) is 18.9 Å². The highest BCUT2D eigenvalue weighted by atomic mass is 35.5. The molecule has 5 aromatic rings. The molecule has 0 aromatic heterocycles. The summed E-state index contributed by atoms with van der Waals surface area (Å²) in [4.78, 5) is 41.2. The zero-order valence-electron chi connectivity index (χ0n) is 26.1. The third kappa shape index (κ3) is 9.06. The average Bonchev–Trinajstić information content (AvgIpc) is 3.12. The Hall–Kier alpha value is -5.51. The van der Waals surface area contributed by atoms with Crippen molar-refractivity contribution in [1.82, 2.24) is 5.32 Å². The van der Waals surface area contributed by atoms with E-state index in [1.807, 2.05) is 36.4 Å². The van der Waals surface area contributed by atoms with E-state index < -0.39 is 17.1 Å². The molecule has 0 spiro atoms. The number of benzene rings is 5. The standard InChI is InChI=1S/C38H32ClN3O5S/c1-46-31-21-16-27(34(24-31)47-2)22-33(42-36(43)26-12-7-4-8-13-26)37(44)41-30-14-9-15-32(23-30)48-35(25-10-5-3-6-11-25)38(45)40-29-19-17-28(39)18-20-29/h3-24,35H,1-2H3,(H,40,45)(H,41,44)(H,42,43)/b33-22+. The summed E-state index contributed by atoms with van der Waals surface area (Å²) < 4.78 is 10.8. The van der Waals surface area contributed by atoms with Crippen molar-refractivity contribution >= 4 is 58.5 Å². The van der Waals surface area contributed by atoms with Gasteiger partial charge in [-0.1, -0.05) is 66.2 Å². The number of nitrogens with one attached hydrogen (secondary N) is 3. The Morgan fingerprint density at radius 1 is 0.729 bits per heavy atom. The van der Waals surface area contributed by atoms with Crippen molar-refractivity contribution in [3.05, 3.63) is 155 Å². The van der Waals surface area contributed by atoms with Crippen molar-refractivity contribution in [2.24, 2.45) is 0 Å². The lowest BCUT2D eigenvalue weighted by atomic mass is 10.1. The zero-order valence-corrected chi connectivity index (χ0v) is 27.7. The fourth-order valence-electron chi connectivity index (χ4n) is 4.66. The fourth-order valence-corrected chi connectivity index (χ4v) is 5.87. The molecule has 10 heteroatoms. The van der Waals surface area contributed by atoms with Crippen LogP contribution in [0.15, 0.2) is 138 Å². The van der Waals surface area contributed by atoms with Gasteiger partial charge in [0.15, 0.2) is 0 Å². The highest BCUT2D eigenvalue weighted by Gasteiger charge is 2.23. The minimum absolute atomic E-state index is 0.00474. The summed E-state index contributed by atoms with van der Waals surface area (Å²) in [5.74, 6) is -0.194. The van der Waals surface area contributed by atoms with Crippen LogP contribution in [-0.4, -0.2) is 31.9 Å². The highest BCUT2D eigenvalue weighted by Crippen LogP contribution is 2.37. The van der Waals surface area contributed by atoms with Crippen molar-refractivity contribution in [3.8, 4) is 11.5 Å². The van der Waals surface area contributed by atoms with Crippen LogP contribution in [0.2, 0.25) is 5.02 Å². The third-order valence-corrected chi connectivity index (χ3v) is 8.57. The Morgan fingerprint density at radius 2 is 1.44 bits per heavy atom. The van der Waals surface area contributed by atoms with Gasteiger partial charge in [-0.3, -0.25) is 14.4 Å². The van der Waals surface area contributed by atoms with Crippen LogP contribution in [0.25, 0.3) is 6.08 Å². The van der Waals surface area contributed by atoms with Crippen LogP contribution < -0.4 is 25.4 Å². The number of rotatable bonds is 12.